The summed E-state index contributed by atoms with van der Waals surface area (Å²) in [5.41, 5.74) is 5.63. The van der Waals surface area contributed by atoms with Crippen LogP contribution in [-0.4, -0.2) is 40.1 Å². The molecule has 0 radical (unpaired) electrons. The van der Waals surface area contributed by atoms with Crippen molar-refractivity contribution in [3.05, 3.63) is 115 Å². The van der Waals surface area contributed by atoms with Crippen LogP contribution in [0.1, 0.15) is 24.8 Å². The van der Waals surface area contributed by atoms with Crippen LogP contribution in [0.2, 0.25) is 0 Å². The van der Waals surface area contributed by atoms with Crippen molar-refractivity contribution in [3.8, 4) is 11.1 Å². The summed E-state index contributed by atoms with van der Waals surface area (Å²) < 4.78 is 27.8. The van der Waals surface area contributed by atoms with E-state index < -0.39 is 10.0 Å². The summed E-state index contributed by atoms with van der Waals surface area (Å²) in [7, 11) is -3.71. The third kappa shape index (κ3) is 5.14. The van der Waals surface area contributed by atoms with Gasteiger partial charge in [-0.2, -0.15) is 0 Å². The molecule has 0 saturated heterocycles. The lowest BCUT2D eigenvalue weighted by Crippen LogP contribution is -2.41. The first-order chi connectivity index (χ1) is 22.5. The molecule has 2 fully saturated rings. The van der Waals surface area contributed by atoms with Gasteiger partial charge in [0.1, 0.15) is 12.1 Å². The molecule has 46 heavy (non-hydrogen) atoms. The maximum atomic E-state index is 13.3. The molecule has 4 unspecified atom stereocenters. The molecular formula is C37H35N5O3S. The van der Waals surface area contributed by atoms with Crippen molar-refractivity contribution in [3.63, 3.8) is 0 Å². The molecule has 2 saturated carbocycles. The van der Waals surface area contributed by atoms with Crippen molar-refractivity contribution in [1.82, 2.24) is 19.3 Å². The van der Waals surface area contributed by atoms with Crippen LogP contribution in [0.25, 0.3) is 32.9 Å². The van der Waals surface area contributed by atoms with E-state index in [1.165, 1.54) is 28.8 Å². The lowest BCUT2D eigenvalue weighted by atomic mass is 9.85. The summed E-state index contributed by atoms with van der Waals surface area (Å²) >= 11 is 0. The monoisotopic (exact) mass is 629 g/mol. The van der Waals surface area contributed by atoms with Gasteiger partial charge in [0.2, 0.25) is 0 Å². The molecule has 9 heteroatoms. The highest BCUT2D eigenvalue weighted by atomic mass is 32.2. The topological polar surface area (TPSA) is 109 Å². The summed E-state index contributed by atoms with van der Waals surface area (Å²) in [5.74, 6) is 2.44. The van der Waals surface area contributed by atoms with Gasteiger partial charge in [0.25, 0.3) is 10.0 Å². The van der Waals surface area contributed by atoms with Gasteiger partial charge in [0, 0.05) is 47.8 Å². The van der Waals surface area contributed by atoms with Crippen LogP contribution in [0.15, 0.2) is 114 Å². The number of hydrogen-bond acceptors (Lipinski definition) is 7. The molecule has 0 amide bonds. The van der Waals surface area contributed by atoms with Gasteiger partial charge in [-0.05, 0) is 96.3 Å². The SMILES string of the molecule is O=S(=O)(c1ccccc1)n1ccc2cc(Nc3ncnc4ccc(-c5ccc(CNC6C7CCC(C7)C6CO)cc5)cc34)ccc21. The van der Waals surface area contributed by atoms with Crippen molar-refractivity contribution < 1.29 is 13.5 Å². The Morgan fingerprint density at radius 3 is 2.48 bits per heavy atom. The van der Waals surface area contributed by atoms with Crippen molar-refractivity contribution in [1.29, 1.82) is 0 Å². The lowest BCUT2D eigenvalue weighted by Gasteiger charge is -2.30. The average Bonchev–Trinajstić information content (AvgIpc) is 3.83. The molecular weight excluding hydrogens is 595 g/mol. The van der Waals surface area contributed by atoms with Crippen molar-refractivity contribution in [2.24, 2.45) is 17.8 Å². The summed E-state index contributed by atoms with van der Waals surface area (Å²) in [6, 6.07) is 31.1. The Bertz CT molecular complexity index is 2150. The predicted octanol–water partition coefficient (Wildman–Crippen LogP) is 6.73. The Morgan fingerprint density at radius 2 is 1.65 bits per heavy atom. The van der Waals surface area contributed by atoms with Gasteiger partial charge in [0.05, 0.1) is 15.9 Å². The number of nitrogens with zero attached hydrogens (tertiary/aromatic N) is 3. The molecule has 0 aliphatic heterocycles. The van der Waals surface area contributed by atoms with E-state index in [0.717, 1.165) is 39.6 Å². The van der Waals surface area contributed by atoms with Gasteiger partial charge in [-0.15, -0.1) is 0 Å². The van der Waals surface area contributed by atoms with Gasteiger partial charge in [-0.1, -0.05) is 48.5 Å². The highest BCUT2D eigenvalue weighted by molar-refractivity contribution is 7.90. The quantitative estimate of drug-likeness (QED) is 0.163. The second-order valence-corrected chi connectivity index (χ2v) is 14.4. The van der Waals surface area contributed by atoms with Crippen molar-refractivity contribution >= 4 is 43.3 Å². The van der Waals surface area contributed by atoms with Crippen LogP contribution >= 0.6 is 0 Å². The van der Waals surface area contributed by atoms with Gasteiger partial charge < -0.3 is 15.7 Å². The fraction of sp³-hybridized carbons (Fsp3) is 0.243. The molecule has 3 N–H and O–H groups in total. The minimum atomic E-state index is -3.71. The number of rotatable bonds is 9. The molecule has 4 atom stereocenters. The molecule has 8 rings (SSSR count). The number of nitrogens with one attached hydrogen (secondary N) is 2. The largest absolute Gasteiger partial charge is 0.396 e. The summed E-state index contributed by atoms with van der Waals surface area (Å²) in [6.45, 7) is 1.08. The van der Waals surface area contributed by atoms with Gasteiger partial charge in [0.15, 0.2) is 0 Å². The first kappa shape index (κ1) is 28.9. The minimum Gasteiger partial charge on any atom is -0.396 e. The van der Waals surface area contributed by atoms with Crippen LogP contribution in [0.4, 0.5) is 11.5 Å². The number of aromatic nitrogens is 3. The second kappa shape index (κ2) is 11.7. The predicted molar refractivity (Wildman–Crippen MR) is 181 cm³/mol. The number of aliphatic hydroxyl groups is 1. The zero-order chi connectivity index (χ0) is 31.3. The van der Waals surface area contributed by atoms with Gasteiger partial charge in [-0.25, -0.2) is 22.4 Å². The Balaban J connectivity index is 1.02. The lowest BCUT2D eigenvalue weighted by molar-refractivity contribution is 0.142. The molecule has 0 spiro atoms. The summed E-state index contributed by atoms with van der Waals surface area (Å²) in [6.07, 6.45) is 6.94. The Hall–Kier alpha value is -4.57. The van der Waals surface area contributed by atoms with E-state index in [1.807, 2.05) is 24.3 Å². The Kier molecular flexibility index (Phi) is 7.32. The fourth-order valence-corrected chi connectivity index (χ4v) is 9.00. The van der Waals surface area contributed by atoms with Crippen LogP contribution in [0.3, 0.4) is 0 Å². The van der Waals surface area contributed by atoms with Crippen molar-refractivity contribution in [2.45, 2.75) is 36.7 Å². The fourth-order valence-electron chi connectivity index (χ4n) is 7.62. The first-order valence-electron chi connectivity index (χ1n) is 15.8. The van der Waals surface area contributed by atoms with Crippen LogP contribution in [-0.2, 0) is 16.6 Å². The summed E-state index contributed by atoms with van der Waals surface area (Å²) in [5, 5.41) is 18.8. The summed E-state index contributed by atoms with van der Waals surface area (Å²) in [4.78, 5) is 9.29. The third-order valence-corrected chi connectivity index (χ3v) is 11.7. The highest BCUT2D eigenvalue weighted by Crippen LogP contribution is 2.48. The molecule has 8 nitrogen and oxygen atoms in total. The van der Waals surface area contributed by atoms with Gasteiger partial charge >= 0.3 is 0 Å². The number of hydrogen-bond donors (Lipinski definition) is 3. The highest BCUT2D eigenvalue weighted by Gasteiger charge is 2.46. The molecule has 2 aliphatic carbocycles. The molecule has 4 aromatic carbocycles. The zero-order valence-corrected chi connectivity index (χ0v) is 26.1. The number of fused-ring (bicyclic) bond motifs is 4. The maximum absolute atomic E-state index is 13.3. The van der Waals surface area contributed by atoms with Gasteiger partial charge in [-0.3, -0.25) is 0 Å². The van der Waals surface area contributed by atoms with E-state index in [2.05, 4.69) is 57.0 Å². The standard InChI is InChI=1S/C37H35N5O3S/c43-22-33-27-10-11-29(18-27)36(33)38-21-24-6-8-25(9-7-24)26-12-14-34-32(20-26)37(40-23-39-34)41-30-13-15-35-28(19-30)16-17-42(35)46(44,45)31-4-2-1-3-5-31/h1-9,12-17,19-20,23,27,29,33,36,38,43H,10-11,18,21-22H2,(H,39,40,41). The number of anilines is 2. The second-order valence-electron chi connectivity index (χ2n) is 12.6. The third-order valence-electron chi connectivity index (χ3n) is 9.98. The Morgan fingerprint density at radius 1 is 0.848 bits per heavy atom. The normalized spacial score (nSPS) is 20.9. The number of aliphatic hydroxyl groups excluding tert-OH is 1. The zero-order valence-electron chi connectivity index (χ0n) is 25.3. The van der Waals surface area contributed by atoms with E-state index >= 15 is 0 Å². The maximum Gasteiger partial charge on any atom is 0.268 e. The van der Waals surface area contributed by atoms with Crippen LogP contribution in [0, 0.1) is 17.8 Å². The van der Waals surface area contributed by atoms with Crippen molar-refractivity contribution in [2.75, 3.05) is 11.9 Å². The van der Waals surface area contributed by atoms with E-state index in [4.69, 9.17) is 0 Å². The molecule has 6 aromatic rings. The Labute approximate surface area is 268 Å². The molecule has 2 aliphatic rings. The molecule has 2 bridgehead atoms. The average molecular weight is 630 g/mol. The first-order valence-corrected chi connectivity index (χ1v) is 17.3. The van der Waals surface area contributed by atoms with E-state index in [0.29, 0.717) is 35.1 Å². The van der Waals surface area contributed by atoms with Crippen LogP contribution < -0.4 is 10.6 Å². The van der Waals surface area contributed by atoms with E-state index in [-0.39, 0.29) is 11.5 Å². The minimum absolute atomic E-state index is 0.246. The number of benzene rings is 4. The van der Waals surface area contributed by atoms with E-state index in [1.54, 1.807) is 48.9 Å². The van der Waals surface area contributed by atoms with Crippen LogP contribution in [0.5, 0.6) is 0 Å². The smallest absolute Gasteiger partial charge is 0.268 e. The molecule has 2 heterocycles. The molecule has 2 aromatic heterocycles. The molecule has 232 valence electrons. The van der Waals surface area contributed by atoms with E-state index in [9.17, 15) is 13.5 Å².